The lowest BCUT2D eigenvalue weighted by Crippen LogP contribution is -2.41. The molecule has 1 fully saturated rings. The maximum Gasteiger partial charge on any atom is 0.408 e. The summed E-state index contributed by atoms with van der Waals surface area (Å²) in [6.07, 6.45) is -2.64. The molecule has 0 radical (unpaired) electrons. The van der Waals surface area contributed by atoms with Gasteiger partial charge >= 0.3 is 6.09 Å². The standard InChI is InChI=1S/C5H9NO4/c1-2-3(4(7)8)6-5(9)10-2/h2-4,7-8H,1H3,(H,6,9). The van der Waals surface area contributed by atoms with Crippen molar-refractivity contribution in [2.75, 3.05) is 0 Å². The Morgan fingerprint density at radius 2 is 2.30 bits per heavy atom. The van der Waals surface area contributed by atoms with E-state index in [9.17, 15) is 4.79 Å². The number of ether oxygens (including phenoxy) is 1. The fourth-order valence-electron chi connectivity index (χ4n) is 0.847. The number of nitrogens with one attached hydrogen (secondary N) is 1. The normalized spacial score (nSPS) is 32.2. The smallest absolute Gasteiger partial charge is 0.408 e. The molecule has 1 amide bonds. The summed E-state index contributed by atoms with van der Waals surface area (Å²) in [6.45, 7) is 1.59. The zero-order valence-electron chi connectivity index (χ0n) is 5.44. The molecule has 0 bridgehead atoms. The van der Waals surface area contributed by atoms with Crippen LogP contribution < -0.4 is 5.32 Å². The van der Waals surface area contributed by atoms with Crippen molar-refractivity contribution in [2.24, 2.45) is 0 Å². The lowest BCUT2D eigenvalue weighted by Gasteiger charge is -2.13. The molecule has 2 atom stereocenters. The first-order valence-electron chi connectivity index (χ1n) is 2.94. The van der Waals surface area contributed by atoms with Crippen LogP contribution in [0, 0.1) is 0 Å². The molecule has 58 valence electrons. The van der Waals surface area contributed by atoms with Gasteiger partial charge < -0.3 is 20.3 Å². The minimum absolute atomic E-state index is 0.479. The van der Waals surface area contributed by atoms with Crippen LogP contribution in [0.1, 0.15) is 6.92 Å². The summed E-state index contributed by atoms with van der Waals surface area (Å²) in [4.78, 5) is 10.4. The number of amides is 1. The van der Waals surface area contributed by atoms with Crippen molar-refractivity contribution in [3.63, 3.8) is 0 Å². The fourth-order valence-corrected chi connectivity index (χ4v) is 0.847. The molecule has 0 aromatic rings. The van der Waals surface area contributed by atoms with Crippen LogP contribution in [0.15, 0.2) is 0 Å². The molecule has 3 N–H and O–H groups in total. The number of carbonyl (C=O) groups is 1. The second-order valence-corrected chi connectivity index (χ2v) is 2.19. The second-order valence-electron chi connectivity index (χ2n) is 2.19. The van der Waals surface area contributed by atoms with Crippen LogP contribution in [-0.2, 0) is 4.74 Å². The number of aliphatic hydroxyl groups is 2. The molecule has 0 saturated carbocycles. The van der Waals surface area contributed by atoms with Gasteiger partial charge in [0.2, 0.25) is 0 Å². The summed E-state index contributed by atoms with van der Waals surface area (Å²) in [5, 5.41) is 19.4. The summed E-state index contributed by atoms with van der Waals surface area (Å²) in [5.41, 5.74) is 0. The third kappa shape index (κ3) is 1.19. The summed E-state index contributed by atoms with van der Waals surface area (Å²) in [6, 6.07) is -0.701. The molecule has 1 aliphatic rings. The Morgan fingerprint density at radius 1 is 1.70 bits per heavy atom. The first-order valence-corrected chi connectivity index (χ1v) is 2.94. The number of hydrogen-bond donors (Lipinski definition) is 3. The van der Waals surface area contributed by atoms with Crippen molar-refractivity contribution >= 4 is 6.09 Å². The molecule has 1 heterocycles. The van der Waals surface area contributed by atoms with E-state index in [1.807, 2.05) is 0 Å². The Balaban J connectivity index is 2.54. The second kappa shape index (κ2) is 2.43. The molecule has 1 rings (SSSR count). The van der Waals surface area contributed by atoms with Gasteiger partial charge in [-0.3, -0.25) is 0 Å². The molecule has 0 spiro atoms. The number of alkyl carbamates (subject to hydrolysis) is 1. The highest BCUT2D eigenvalue weighted by Crippen LogP contribution is 2.09. The van der Waals surface area contributed by atoms with Gasteiger partial charge in [-0.1, -0.05) is 0 Å². The van der Waals surface area contributed by atoms with Crippen molar-refractivity contribution in [3.05, 3.63) is 0 Å². The molecule has 1 saturated heterocycles. The molecule has 10 heavy (non-hydrogen) atoms. The van der Waals surface area contributed by atoms with Crippen LogP contribution in [0.2, 0.25) is 0 Å². The first-order chi connectivity index (χ1) is 4.61. The molecule has 5 nitrogen and oxygen atoms in total. The van der Waals surface area contributed by atoms with Gasteiger partial charge in [0.1, 0.15) is 12.1 Å². The highest BCUT2D eigenvalue weighted by Gasteiger charge is 2.34. The van der Waals surface area contributed by atoms with E-state index in [0.717, 1.165) is 0 Å². The van der Waals surface area contributed by atoms with Crippen LogP contribution >= 0.6 is 0 Å². The minimum Gasteiger partial charge on any atom is -0.444 e. The Labute approximate surface area is 57.6 Å². The lowest BCUT2D eigenvalue weighted by molar-refractivity contribution is -0.0744. The van der Waals surface area contributed by atoms with Gasteiger partial charge in [0.05, 0.1) is 0 Å². The third-order valence-corrected chi connectivity index (χ3v) is 1.40. The van der Waals surface area contributed by atoms with Crippen molar-refractivity contribution in [2.45, 2.75) is 25.4 Å². The Morgan fingerprint density at radius 3 is 2.50 bits per heavy atom. The van der Waals surface area contributed by atoms with Gasteiger partial charge in [0, 0.05) is 0 Å². The maximum atomic E-state index is 10.4. The van der Waals surface area contributed by atoms with E-state index in [-0.39, 0.29) is 0 Å². The number of cyclic esters (lactones) is 1. The predicted molar refractivity (Wildman–Crippen MR) is 31.1 cm³/mol. The highest BCUT2D eigenvalue weighted by molar-refractivity contribution is 5.70. The fraction of sp³-hybridized carbons (Fsp3) is 0.800. The highest BCUT2D eigenvalue weighted by atomic mass is 16.6. The van der Waals surface area contributed by atoms with Crippen molar-refractivity contribution < 1.29 is 19.7 Å². The predicted octanol–water partition coefficient (Wildman–Crippen LogP) is -1.21. The topological polar surface area (TPSA) is 78.8 Å². The van der Waals surface area contributed by atoms with Gasteiger partial charge in [-0.2, -0.15) is 0 Å². The monoisotopic (exact) mass is 147 g/mol. The number of hydrogen-bond acceptors (Lipinski definition) is 4. The van der Waals surface area contributed by atoms with E-state index in [0.29, 0.717) is 0 Å². The SMILES string of the molecule is CC1OC(=O)NC1C(O)O. The molecule has 1 aliphatic heterocycles. The Bertz CT molecular complexity index is 147. The first kappa shape index (κ1) is 7.30. The van der Waals surface area contributed by atoms with Gasteiger partial charge in [-0.05, 0) is 6.92 Å². The maximum absolute atomic E-state index is 10.4. The summed E-state index contributed by atoms with van der Waals surface area (Å²) in [7, 11) is 0. The van der Waals surface area contributed by atoms with Crippen molar-refractivity contribution in [1.29, 1.82) is 0 Å². The molecule has 0 aliphatic carbocycles. The molecule has 2 unspecified atom stereocenters. The number of carbonyl (C=O) groups excluding carboxylic acids is 1. The van der Waals surface area contributed by atoms with Crippen LogP contribution in [-0.4, -0.2) is 34.7 Å². The van der Waals surface area contributed by atoms with Crippen LogP contribution in [0.25, 0.3) is 0 Å². The van der Waals surface area contributed by atoms with Crippen LogP contribution in [0.4, 0.5) is 4.79 Å². The van der Waals surface area contributed by atoms with E-state index < -0.39 is 24.5 Å². The third-order valence-electron chi connectivity index (χ3n) is 1.40. The zero-order chi connectivity index (χ0) is 7.72. The summed E-state index contributed by atoms with van der Waals surface area (Å²) >= 11 is 0. The Hall–Kier alpha value is -0.810. The van der Waals surface area contributed by atoms with Gasteiger partial charge in [0.25, 0.3) is 0 Å². The van der Waals surface area contributed by atoms with E-state index >= 15 is 0 Å². The van der Waals surface area contributed by atoms with Crippen LogP contribution in [0.3, 0.4) is 0 Å². The molecular weight excluding hydrogens is 138 g/mol. The molecule has 0 aromatic heterocycles. The van der Waals surface area contributed by atoms with Crippen molar-refractivity contribution in [1.82, 2.24) is 5.32 Å². The summed E-state index contributed by atoms with van der Waals surface area (Å²) in [5.74, 6) is 0. The number of rotatable bonds is 1. The molecule has 0 aromatic carbocycles. The minimum atomic E-state index is -1.55. The van der Waals surface area contributed by atoms with Gasteiger partial charge in [0.15, 0.2) is 6.29 Å². The zero-order valence-corrected chi connectivity index (χ0v) is 5.44. The quantitative estimate of drug-likeness (QED) is 0.407. The van der Waals surface area contributed by atoms with E-state index in [4.69, 9.17) is 10.2 Å². The van der Waals surface area contributed by atoms with E-state index in [1.54, 1.807) is 6.92 Å². The average Bonchev–Trinajstić information content (AvgIpc) is 2.10. The average molecular weight is 147 g/mol. The van der Waals surface area contributed by atoms with E-state index in [2.05, 4.69) is 10.1 Å². The Kier molecular flexibility index (Phi) is 1.78. The van der Waals surface area contributed by atoms with Crippen LogP contribution in [0.5, 0.6) is 0 Å². The van der Waals surface area contributed by atoms with Gasteiger partial charge in [-0.15, -0.1) is 0 Å². The molecule has 5 heteroatoms. The largest absolute Gasteiger partial charge is 0.444 e. The molecular formula is C5H9NO4. The summed E-state index contributed by atoms with van der Waals surface area (Å²) < 4.78 is 4.57. The van der Waals surface area contributed by atoms with Gasteiger partial charge in [-0.25, -0.2) is 4.79 Å². The lowest BCUT2D eigenvalue weighted by atomic mass is 10.2. The van der Waals surface area contributed by atoms with Crippen molar-refractivity contribution in [3.8, 4) is 0 Å². The van der Waals surface area contributed by atoms with E-state index in [1.165, 1.54) is 0 Å². The number of aliphatic hydroxyl groups excluding tert-OH is 1.